The molecule has 8 nitrogen and oxygen atoms in total. The van der Waals surface area contributed by atoms with E-state index < -0.39 is 0 Å². The molecule has 1 aromatic carbocycles. The molecule has 0 saturated carbocycles. The molecule has 1 aromatic heterocycles. The van der Waals surface area contributed by atoms with Crippen LogP contribution in [-0.2, 0) is 11.3 Å². The highest BCUT2D eigenvalue weighted by Crippen LogP contribution is 2.25. The molecule has 0 aliphatic carbocycles. The van der Waals surface area contributed by atoms with Crippen molar-refractivity contribution in [2.24, 2.45) is 0 Å². The number of pyridine rings is 1. The lowest BCUT2D eigenvalue weighted by Gasteiger charge is -2.44. The van der Waals surface area contributed by atoms with Gasteiger partial charge < -0.3 is 25.5 Å². The Kier molecular flexibility index (Phi) is 4.04. The van der Waals surface area contributed by atoms with Gasteiger partial charge in [0, 0.05) is 24.5 Å². The van der Waals surface area contributed by atoms with Gasteiger partial charge in [-0.25, -0.2) is 0 Å². The maximum atomic E-state index is 13.0. The topological polar surface area (TPSA) is 98.8 Å². The van der Waals surface area contributed by atoms with Gasteiger partial charge in [-0.3, -0.25) is 14.3 Å². The molecule has 1 fully saturated rings. The standard InChI is InChI=1S/C18H20N4O4/c1-11-17-20-22-7-6-14(23)16(15(22)18(24)21(17)8-9-25-11)26-10-12-2-4-13(19)5-3-12/h2-7,11,17,20H,8-10,19H2,1H3. The molecule has 3 heterocycles. The fourth-order valence-corrected chi connectivity index (χ4v) is 3.24. The van der Waals surface area contributed by atoms with Gasteiger partial charge in [-0.1, -0.05) is 12.1 Å². The number of hydrogen-bond donors (Lipinski definition) is 2. The van der Waals surface area contributed by atoms with Gasteiger partial charge in [-0.05, 0) is 24.6 Å². The Morgan fingerprint density at radius 2 is 2.04 bits per heavy atom. The number of carbonyl (C=O) groups is 1. The summed E-state index contributed by atoms with van der Waals surface area (Å²) >= 11 is 0. The van der Waals surface area contributed by atoms with Crippen molar-refractivity contribution < 1.29 is 14.3 Å². The zero-order valence-electron chi connectivity index (χ0n) is 14.3. The Morgan fingerprint density at radius 3 is 2.81 bits per heavy atom. The van der Waals surface area contributed by atoms with E-state index >= 15 is 0 Å². The van der Waals surface area contributed by atoms with Crippen LogP contribution in [0.4, 0.5) is 5.69 Å². The molecule has 8 heteroatoms. The third-order valence-corrected chi connectivity index (χ3v) is 4.65. The molecule has 0 bridgehead atoms. The van der Waals surface area contributed by atoms with E-state index in [2.05, 4.69) is 5.43 Å². The molecule has 2 aliphatic heterocycles. The van der Waals surface area contributed by atoms with Gasteiger partial charge >= 0.3 is 0 Å². The van der Waals surface area contributed by atoms with Crippen molar-refractivity contribution in [2.75, 3.05) is 24.3 Å². The molecule has 2 aliphatic rings. The van der Waals surface area contributed by atoms with E-state index in [1.807, 2.05) is 19.1 Å². The number of amides is 1. The summed E-state index contributed by atoms with van der Waals surface area (Å²) in [5.41, 5.74) is 10.3. The predicted molar refractivity (Wildman–Crippen MR) is 95.5 cm³/mol. The SMILES string of the molecule is CC1OCCN2C(=O)c3c(OCc4ccc(N)cc4)c(=O)ccn3NC12. The van der Waals surface area contributed by atoms with Crippen LogP contribution in [0.15, 0.2) is 41.3 Å². The molecule has 0 radical (unpaired) electrons. The maximum absolute atomic E-state index is 13.0. The van der Waals surface area contributed by atoms with Gasteiger partial charge in [0.15, 0.2) is 11.4 Å². The Morgan fingerprint density at radius 1 is 1.27 bits per heavy atom. The van der Waals surface area contributed by atoms with Gasteiger partial charge in [-0.15, -0.1) is 0 Å². The lowest BCUT2D eigenvalue weighted by atomic mass is 10.1. The summed E-state index contributed by atoms with van der Waals surface area (Å²) in [6.07, 6.45) is 1.11. The molecular formula is C18H20N4O4. The summed E-state index contributed by atoms with van der Waals surface area (Å²) < 4.78 is 12.9. The number of nitrogen functional groups attached to an aromatic ring is 1. The smallest absolute Gasteiger partial charge is 0.278 e. The number of aromatic nitrogens is 1. The van der Waals surface area contributed by atoms with Crippen LogP contribution in [0.2, 0.25) is 0 Å². The monoisotopic (exact) mass is 356 g/mol. The Hall–Kier alpha value is -3.00. The molecule has 0 spiro atoms. The zero-order chi connectivity index (χ0) is 18.3. The number of morpholine rings is 1. The second-order valence-corrected chi connectivity index (χ2v) is 6.41. The second kappa shape index (κ2) is 6.38. The van der Waals surface area contributed by atoms with Crippen molar-refractivity contribution in [3.63, 3.8) is 0 Å². The first-order valence-corrected chi connectivity index (χ1v) is 8.46. The highest BCUT2D eigenvalue weighted by Gasteiger charge is 2.40. The first-order valence-electron chi connectivity index (χ1n) is 8.46. The molecule has 136 valence electrons. The number of nitrogens with two attached hydrogens (primary N) is 1. The normalized spacial score (nSPS) is 21.6. The average Bonchev–Trinajstić information content (AvgIpc) is 2.64. The molecule has 26 heavy (non-hydrogen) atoms. The molecule has 3 N–H and O–H groups in total. The van der Waals surface area contributed by atoms with E-state index in [1.165, 1.54) is 6.07 Å². The number of ether oxygens (including phenoxy) is 2. The van der Waals surface area contributed by atoms with Crippen molar-refractivity contribution >= 4 is 11.6 Å². The first-order chi connectivity index (χ1) is 12.5. The maximum Gasteiger partial charge on any atom is 0.278 e. The van der Waals surface area contributed by atoms with E-state index in [1.54, 1.807) is 27.9 Å². The van der Waals surface area contributed by atoms with Gasteiger partial charge in [0.05, 0.1) is 12.7 Å². The zero-order valence-corrected chi connectivity index (χ0v) is 14.3. The van der Waals surface area contributed by atoms with Gasteiger partial charge in [0.25, 0.3) is 5.91 Å². The lowest BCUT2D eigenvalue weighted by molar-refractivity contribution is -0.0492. The molecule has 2 atom stereocenters. The van der Waals surface area contributed by atoms with Crippen LogP contribution in [0.25, 0.3) is 0 Å². The number of rotatable bonds is 3. The van der Waals surface area contributed by atoms with Crippen molar-refractivity contribution in [3.8, 4) is 5.75 Å². The van der Waals surface area contributed by atoms with E-state index in [4.69, 9.17) is 15.2 Å². The average molecular weight is 356 g/mol. The van der Waals surface area contributed by atoms with Crippen LogP contribution in [0.5, 0.6) is 5.75 Å². The van der Waals surface area contributed by atoms with Gasteiger partial charge in [0.1, 0.15) is 12.8 Å². The summed E-state index contributed by atoms with van der Waals surface area (Å²) in [5.74, 6) is -0.201. The lowest BCUT2D eigenvalue weighted by Crippen LogP contribution is -2.62. The van der Waals surface area contributed by atoms with Crippen molar-refractivity contribution in [2.45, 2.75) is 25.8 Å². The van der Waals surface area contributed by atoms with Gasteiger partial charge in [0.2, 0.25) is 5.43 Å². The molecular weight excluding hydrogens is 336 g/mol. The summed E-state index contributed by atoms with van der Waals surface area (Å²) in [6, 6.07) is 8.55. The fourth-order valence-electron chi connectivity index (χ4n) is 3.24. The van der Waals surface area contributed by atoms with Crippen molar-refractivity contribution in [3.05, 3.63) is 58.0 Å². The minimum Gasteiger partial charge on any atom is -0.482 e. The van der Waals surface area contributed by atoms with Crippen LogP contribution in [0.3, 0.4) is 0 Å². The fraction of sp³-hybridized carbons (Fsp3) is 0.333. The third-order valence-electron chi connectivity index (χ3n) is 4.65. The Labute approximate surface area is 150 Å². The van der Waals surface area contributed by atoms with E-state index in [0.29, 0.717) is 18.8 Å². The molecule has 1 saturated heterocycles. The quantitative estimate of drug-likeness (QED) is 0.788. The number of nitrogens with one attached hydrogen (secondary N) is 1. The van der Waals surface area contributed by atoms with Crippen LogP contribution in [-0.4, -0.2) is 40.9 Å². The number of nitrogens with zero attached hydrogens (tertiary/aromatic N) is 2. The number of hydrogen-bond acceptors (Lipinski definition) is 6. The summed E-state index contributed by atoms with van der Waals surface area (Å²) in [4.78, 5) is 27.0. The van der Waals surface area contributed by atoms with Crippen LogP contribution in [0, 0.1) is 0 Å². The second-order valence-electron chi connectivity index (χ2n) is 6.41. The van der Waals surface area contributed by atoms with E-state index in [-0.39, 0.29) is 41.7 Å². The van der Waals surface area contributed by atoms with Crippen LogP contribution >= 0.6 is 0 Å². The highest BCUT2D eigenvalue weighted by atomic mass is 16.5. The first kappa shape index (κ1) is 16.5. The Bertz CT molecular complexity index is 893. The number of fused-ring (bicyclic) bond motifs is 2. The molecule has 2 aromatic rings. The van der Waals surface area contributed by atoms with Crippen LogP contribution < -0.4 is 21.3 Å². The summed E-state index contributed by atoms with van der Waals surface area (Å²) in [6.45, 7) is 3.00. The number of carbonyl (C=O) groups excluding carboxylic acids is 1. The minimum absolute atomic E-state index is 0.0411. The summed E-state index contributed by atoms with van der Waals surface area (Å²) in [7, 11) is 0. The third kappa shape index (κ3) is 2.78. The predicted octanol–water partition coefficient (Wildman–Crippen LogP) is 0.754. The van der Waals surface area contributed by atoms with Crippen LogP contribution in [0.1, 0.15) is 23.0 Å². The number of anilines is 1. The number of benzene rings is 1. The van der Waals surface area contributed by atoms with Crippen molar-refractivity contribution in [1.82, 2.24) is 9.58 Å². The molecule has 1 amide bonds. The van der Waals surface area contributed by atoms with E-state index in [0.717, 1.165) is 5.56 Å². The highest BCUT2D eigenvalue weighted by molar-refractivity contribution is 5.96. The minimum atomic E-state index is -0.332. The Balaban J connectivity index is 1.66. The largest absolute Gasteiger partial charge is 0.482 e. The van der Waals surface area contributed by atoms with Gasteiger partial charge in [-0.2, -0.15) is 0 Å². The molecule has 2 unspecified atom stereocenters. The summed E-state index contributed by atoms with van der Waals surface area (Å²) in [5, 5.41) is 0. The van der Waals surface area contributed by atoms with Crippen molar-refractivity contribution in [1.29, 1.82) is 0 Å². The van der Waals surface area contributed by atoms with E-state index in [9.17, 15) is 9.59 Å². The molecule has 4 rings (SSSR count).